The highest BCUT2D eigenvalue weighted by atomic mass is 19.1. The van der Waals surface area contributed by atoms with Crippen LogP contribution in [0.25, 0.3) is 10.8 Å². The molecule has 0 radical (unpaired) electrons. The fourth-order valence-electron chi connectivity index (χ4n) is 3.62. The number of hydrogen-bond acceptors (Lipinski definition) is 4. The fourth-order valence-corrected chi connectivity index (χ4v) is 3.62. The molecule has 1 saturated heterocycles. The van der Waals surface area contributed by atoms with E-state index >= 15 is 0 Å². The number of benzene rings is 3. The SMILES string of the molecule is Cc1c(C#N)cccc1Nc1ccc(C(=O)N2CCOCC2)c2c(F)cccc12. The molecular formula is C23H20FN3O2. The van der Waals surface area contributed by atoms with Crippen molar-refractivity contribution < 1.29 is 13.9 Å². The van der Waals surface area contributed by atoms with Gasteiger partial charge in [0.05, 0.1) is 30.4 Å². The Bertz CT molecular complexity index is 1130. The van der Waals surface area contributed by atoms with Crippen molar-refractivity contribution in [3.8, 4) is 6.07 Å². The zero-order valence-corrected chi connectivity index (χ0v) is 16.0. The van der Waals surface area contributed by atoms with Crippen LogP contribution in [0.2, 0.25) is 0 Å². The molecule has 0 aromatic heterocycles. The predicted molar refractivity (Wildman–Crippen MR) is 110 cm³/mol. The number of nitriles is 1. The summed E-state index contributed by atoms with van der Waals surface area (Å²) in [5.74, 6) is -0.636. The summed E-state index contributed by atoms with van der Waals surface area (Å²) in [4.78, 5) is 14.7. The van der Waals surface area contributed by atoms with E-state index in [4.69, 9.17) is 4.74 Å². The summed E-state index contributed by atoms with van der Waals surface area (Å²) < 4.78 is 20.1. The third-order valence-electron chi connectivity index (χ3n) is 5.24. The third-order valence-corrected chi connectivity index (χ3v) is 5.24. The number of anilines is 2. The van der Waals surface area contributed by atoms with Gasteiger partial charge < -0.3 is 15.0 Å². The van der Waals surface area contributed by atoms with Crippen LogP contribution < -0.4 is 5.32 Å². The fraction of sp³-hybridized carbons (Fsp3) is 0.217. The number of carbonyl (C=O) groups excluding carboxylic acids is 1. The van der Waals surface area contributed by atoms with Gasteiger partial charge in [-0.15, -0.1) is 0 Å². The van der Waals surface area contributed by atoms with Crippen LogP contribution in [0, 0.1) is 24.1 Å². The second kappa shape index (κ2) is 7.90. The Morgan fingerprint density at radius 1 is 1.10 bits per heavy atom. The van der Waals surface area contributed by atoms with Gasteiger partial charge in [0.25, 0.3) is 5.91 Å². The second-order valence-corrected chi connectivity index (χ2v) is 6.94. The Hall–Kier alpha value is -3.43. The number of hydrogen-bond donors (Lipinski definition) is 1. The molecule has 0 saturated carbocycles. The van der Waals surface area contributed by atoms with Gasteiger partial charge in [0.2, 0.25) is 0 Å². The predicted octanol–water partition coefficient (Wildman–Crippen LogP) is 4.38. The average molecular weight is 389 g/mol. The molecule has 4 rings (SSSR count). The molecule has 29 heavy (non-hydrogen) atoms. The Labute approximate surface area is 168 Å². The van der Waals surface area contributed by atoms with Gasteiger partial charge in [0.15, 0.2) is 0 Å². The summed E-state index contributed by atoms with van der Waals surface area (Å²) in [6.45, 7) is 3.82. The van der Waals surface area contributed by atoms with Crippen molar-refractivity contribution in [2.24, 2.45) is 0 Å². The first-order chi connectivity index (χ1) is 14.1. The van der Waals surface area contributed by atoms with E-state index < -0.39 is 5.82 Å². The molecule has 6 heteroatoms. The highest BCUT2D eigenvalue weighted by Crippen LogP contribution is 2.33. The lowest BCUT2D eigenvalue weighted by molar-refractivity contribution is 0.0304. The minimum Gasteiger partial charge on any atom is -0.378 e. The van der Waals surface area contributed by atoms with Gasteiger partial charge in [-0.1, -0.05) is 18.2 Å². The van der Waals surface area contributed by atoms with Crippen molar-refractivity contribution in [1.29, 1.82) is 5.26 Å². The lowest BCUT2D eigenvalue weighted by Crippen LogP contribution is -2.40. The zero-order chi connectivity index (χ0) is 20.4. The lowest BCUT2D eigenvalue weighted by Gasteiger charge is -2.27. The van der Waals surface area contributed by atoms with E-state index in [1.54, 1.807) is 41.3 Å². The number of amides is 1. The van der Waals surface area contributed by atoms with Crippen LogP contribution >= 0.6 is 0 Å². The third kappa shape index (κ3) is 3.53. The van der Waals surface area contributed by atoms with Crippen molar-refractivity contribution >= 4 is 28.1 Å². The van der Waals surface area contributed by atoms with E-state index in [1.807, 2.05) is 13.0 Å². The number of halogens is 1. The smallest absolute Gasteiger partial charge is 0.254 e. The van der Waals surface area contributed by atoms with Gasteiger partial charge >= 0.3 is 0 Å². The zero-order valence-electron chi connectivity index (χ0n) is 16.0. The van der Waals surface area contributed by atoms with Crippen LogP contribution in [0.5, 0.6) is 0 Å². The quantitative estimate of drug-likeness (QED) is 0.722. The summed E-state index contributed by atoms with van der Waals surface area (Å²) in [6.07, 6.45) is 0. The number of nitrogens with one attached hydrogen (secondary N) is 1. The van der Waals surface area contributed by atoms with E-state index in [-0.39, 0.29) is 5.91 Å². The van der Waals surface area contributed by atoms with E-state index in [0.717, 1.165) is 11.3 Å². The van der Waals surface area contributed by atoms with Crippen LogP contribution in [-0.2, 0) is 4.74 Å². The molecule has 1 aliphatic rings. The van der Waals surface area contributed by atoms with Crippen LogP contribution in [0.1, 0.15) is 21.5 Å². The monoisotopic (exact) mass is 389 g/mol. The summed E-state index contributed by atoms with van der Waals surface area (Å²) >= 11 is 0. The van der Waals surface area contributed by atoms with E-state index in [0.29, 0.717) is 53.9 Å². The minimum atomic E-state index is -0.440. The standard InChI is InChI=1S/C23H20FN3O2/c1-15-16(14-25)4-2-7-20(15)26-21-9-8-18(22-17(21)5-3-6-19(22)24)23(28)27-10-12-29-13-11-27/h2-9,26H,10-13H2,1H3. The van der Waals surface area contributed by atoms with Crippen molar-refractivity contribution in [2.75, 3.05) is 31.6 Å². The molecule has 0 spiro atoms. The summed E-state index contributed by atoms with van der Waals surface area (Å²) in [6, 6.07) is 15.8. The second-order valence-electron chi connectivity index (χ2n) is 6.94. The summed E-state index contributed by atoms with van der Waals surface area (Å²) in [5.41, 5.74) is 3.17. The molecule has 5 nitrogen and oxygen atoms in total. The Balaban J connectivity index is 1.79. The Kier molecular flexibility index (Phi) is 5.15. The number of fused-ring (bicyclic) bond motifs is 1. The molecule has 3 aromatic rings. The van der Waals surface area contributed by atoms with Crippen LogP contribution in [0.3, 0.4) is 0 Å². The molecule has 146 valence electrons. The molecule has 1 amide bonds. The normalized spacial score (nSPS) is 13.9. The highest BCUT2D eigenvalue weighted by molar-refractivity contribution is 6.11. The highest BCUT2D eigenvalue weighted by Gasteiger charge is 2.22. The van der Waals surface area contributed by atoms with Crippen molar-refractivity contribution in [3.63, 3.8) is 0 Å². The maximum atomic E-state index is 14.8. The van der Waals surface area contributed by atoms with Gasteiger partial charge in [-0.2, -0.15) is 5.26 Å². The number of ether oxygens (including phenoxy) is 1. The van der Waals surface area contributed by atoms with Crippen molar-refractivity contribution in [1.82, 2.24) is 4.90 Å². The van der Waals surface area contributed by atoms with Crippen LogP contribution in [0.15, 0.2) is 48.5 Å². The molecule has 1 heterocycles. The molecule has 1 N–H and O–H groups in total. The molecule has 3 aromatic carbocycles. The molecule has 0 atom stereocenters. The van der Waals surface area contributed by atoms with Crippen LogP contribution in [0.4, 0.5) is 15.8 Å². The average Bonchev–Trinajstić information content (AvgIpc) is 2.76. The largest absolute Gasteiger partial charge is 0.378 e. The molecular weight excluding hydrogens is 369 g/mol. The Morgan fingerprint density at radius 2 is 1.86 bits per heavy atom. The minimum absolute atomic E-state index is 0.197. The Morgan fingerprint density at radius 3 is 2.62 bits per heavy atom. The number of rotatable bonds is 3. The maximum absolute atomic E-state index is 14.8. The lowest BCUT2D eigenvalue weighted by atomic mass is 10.00. The number of morpholine rings is 1. The van der Waals surface area contributed by atoms with Gasteiger partial charge in [0.1, 0.15) is 5.82 Å². The van der Waals surface area contributed by atoms with Crippen molar-refractivity contribution in [2.45, 2.75) is 6.92 Å². The van der Waals surface area contributed by atoms with Crippen molar-refractivity contribution in [3.05, 3.63) is 71.0 Å². The van der Waals surface area contributed by atoms with E-state index in [2.05, 4.69) is 11.4 Å². The molecule has 0 aliphatic carbocycles. The first-order valence-corrected chi connectivity index (χ1v) is 9.45. The topological polar surface area (TPSA) is 65.4 Å². The number of carbonyl (C=O) groups is 1. The summed E-state index contributed by atoms with van der Waals surface area (Å²) in [7, 11) is 0. The van der Waals surface area contributed by atoms with Crippen LogP contribution in [-0.4, -0.2) is 37.1 Å². The molecule has 1 aliphatic heterocycles. The molecule has 0 unspecified atom stereocenters. The van der Waals surface area contributed by atoms with Gasteiger partial charge in [-0.25, -0.2) is 4.39 Å². The number of nitrogens with zero attached hydrogens (tertiary/aromatic N) is 2. The summed E-state index contributed by atoms with van der Waals surface area (Å²) in [5, 5.41) is 13.5. The van der Waals surface area contributed by atoms with Gasteiger partial charge in [-0.05, 0) is 42.8 Å². The van der Waals surface area contributed by atoms with E-state index in [9.17, 15) is 14.4 Å². The van der Waals surface area contributed by atoms with Gasteiger partial charge in [0, 0.05) is 35.2 Å². The van der Waals surface area contributed by atoms with Gasteiger partial charge in [-0.3, -0.25) is 4.79 Å². The maximum Gasteiger partial charge on any atom is 0.254 e. The first-order valence-electron chi connectivity index (χ1n) is 9.45. The first kappa shape index (κ1) is 18.9. The van der Waals surface area contributed by atoms with E-state index in [1.165, 1.54) is 6.07 Å². The molecule has 1 fully saturated rings. The molecule has 0 bridgehead atoms.